The Labute approximate surface area is 128 Å². The van der Waals surface area contributed by atoms with Crippen LogP contribution in [0.5, 0.6) is 11.5 Å². The number of anilines is 2. The molecule has 1 heterocycles. The summed E-state index contributed by atoms with van der Waals surface area (Å²) >= 11 is 3.05. The van der Waals surface area contributed by atoms with E-state index in [1.807, 2.05) is 0 Å². The second-order valence-electron chi connectivity index (χ2n) is 4.35. The molecule has 3 rings (SSSR count). The molecule has 3 N–H and O–H groups in total. The molecule has 1 aliphatic heterocycles. The molecule has 21 heavy (non-hydrogen) atoms. The number of rotatable bonds is 2. The van der Waals surface area contributed by atoms with Gasteiger partial charge in [0.15, 0.2) is 11.5 Å². The van der Waals surface area contributed by atoms with Crippen molar-refractivity contribution in [3.05, 3.63) is 46.2 Å². The van der Waals surface area contributed by atoms with Gasteiger partial charge in [-0.15, -0.1) is 0 Å². The molecule has 0 saturated heterocycles. The van der Waals surface area contributed by atoms with Gasteiger partial charge in [-0.05, 0) is 28.1 Å². The fourth-order valence-corrected chi connectivity index (χ4v) is 2.38. The zero-order chi connectivity index (χ0) is 15.0. The van der Waals surface area contributed by atoms with Crippen LogP contribution in [0.1, 0.15) is 10.4 Å². The Bertz CT molecular complexity index is 736. The Morgan fingerprint density at radius 1 is 1.29 bits per heavy atom. The predicted molar refractivity (Wildman–Crippen MR) is 79.0 cm³/mol. The fraction of sp³-hybridized carbons (Fsp3) is 0.0714. The molecule has 0 saturated carbocycles. The van der Waals surface area contributed by atoms with Gasteiger partial charge in [-0.25, -0.2) is 4.39 Å². The van der Waals surface area contributed by atoms with Gasteiger partial charge in [0.1, 0.15) is 5.82 Å². The van der Waals surface area contributed by atoms with Crippen LogP contribution in [-0.2, 0) is 0 Å². The molecule has 0 aromatic heterocycles. The predicted octanol–water partition coefficient (Wildman–Crippen LogP) is 3.15. The van der Waals surface area contributed by atoms with Gasteiger partial charge in [-0.2, -0.15) is 0 Å². The van der Waals surface area contributed by atoms with Crippen LogP contribution in [0.15, 0.2) is 34.8 Å². The van der Waals surface area contributed by atoms with Crippen LogP contribution in [0.25, 0.3) is 0 Å². The highest BCUT2D eigenvalue weighted by molar-refractivity contribution is 9.10. The Kier molecular flexibility index (Phi) is 3.42. The van der Waals surface area contributed by atoms with Crippen molar-refractivity contribution in [3.8, 4) is 11.5 Å². The van der Waals surface area contributed by atoms with Crippen molar-refractivity contribution in [2.75, 3.05) is 17.8 Å². The molecule has 108 valence electrons. The van der Waals surface area contributed by atoms with Crippen LogP contribution in [-0.4, -0.2) is 12.7 Å². The van der Waals surface area contributed by atoms with E-state index in [-0.39, 0.29) is 16.8 Å². The van der Waals surface area contributed by atoms with E-state index < -0.39 is 11.7 Å². The molecule has 1 aliphatic rings. The lowest BCUT2D eigenvalue weighted by Gasteiger charge is -2.10. The Balaban J connectivity index is 1.90. The number of nitrogens with two attached hydrogens (primary N) is 1. The number of ether oxygens (including phenoxy) is 2. The van der Waals surface area contributed by atoms with E-state index in [1.165, 1.54) is 18.2 Å². The van der Waals surface area contributed by atoms with Gasteiger partial charge in [0.25, 0.3) is 5.91 Å². The molecule has 0 fully saturated rings. The summed E-state index contributed by atoms with van der Waals surface area (Å²) in [4.78, 5) is 12.2. The molecule has 0 atom stereocenters. The minimum atomic E-state index is -0.513. The number of hydrogen-bond acceptors (Lipinski definition) is 4. The minimum absolute atomic E-state index is 0.0989. The van der Waals surface area contributed by atoms with Gasteiger partial charge in [0.2, 0.25) is 6.79 Å². The van der Waals surface area contributed by atoms with E-state index in [4.69, 9.17) is 15.2 Å². The lowest BCUT2D eigenvalue weighted by atomic mass is 10.2. The quantitative estimate of drug-likeness (QED) is 0.814. The number of nitrogen functional groups attached to an aromatic ring is 1. The molecule has 1 amide bonds. The van der Waals surface area contributed by atoms with Gasteiger partial charge in [0, 0.05) is 12.1 Å². The molecule has 0 aliphatic carbocycles. The summed E-state index contributed by atoms with van der Waals surface area (Å²) in [5.41, 5.74) is 6.73. The van der Waals surface area contributed by atoms with Crippen LogP contribution in [0.4, 0.5) is 15.8 Å². The number of nitrogens with one attached hydrogen (secondary N) is 1. The number of hydrogen-bond donors (Lipinski definition) is 2. The summed E-state index contributed by atoms with van der Waals surface area (Å²) in [5.74, 6) is 0.0310. The Morgan fingerprint density at radius 3 is 2.76 bits per heavy atom. The lowest BCUT2D eigenvalue weighted by molar-refractivity contribution is 0.102. The first-order valence-electron chi connectivity index (χ1n) is 6.01. The van der Waals surface area contributed by atoms with E-state index >= 15 is 0 Å². The molecule has 2 aromatic carbocycles. The SMILES string of the molecule is Nc1cc2c(cc1NC(=O)c1cccc(F)c1Br)OCO2. The molecular weight excluding hydrogens is 343 g/mol. The molecule has 0 bridgehead atoms. The number of amides is 1. The van der Waals surface area contributed by atoms with E-state index in [0.717, 1.165) is 0 Å². The molecule has 0 spiro atoms. The third kappa shape index (κ3) is 2.52. The number of benzene rings is 2. The summed E-state index contributed by atoms with van der Waals surface area (Å²) in [6, 6.07) is 7.36. The van der Waals surface area contributed by atoms with Crippen LogP contribution in [0, 0.1) is 5.82 Å². The van der Waals surface area contributed by atoms with Crippen molar-refractivity contribution in [1.29, 1.82) is 0 Å². The van der Waals surface area contributed by atoms with E-state index in [0.29, 0.717) is 22.9 Å². The van der Waals surface area contributed by atoms with Gasteiger partial charge >= 0.3 is 0 Å². The number of fused-ring (bicyclic) bond motifs is 1. The highest BCUT2D eigenvalue weighted by atomic mass is 79.9. The molecule has 5 nitrogen and oxygen atoms in total. The number of carbonyl (C=O) groups excluding carboxylic acids is 1. The van der Waals surface area contributed by atoms with Gasteiger partial charge < -0.3 is 20.5 Å². The standard InChI is InChI=1S/C14H10BrFN2O3/c15-13-7(2-1-3-8(13)16)14(19)18-10-5-12-11(4-9(10)17)20-6-21-12/h1-5H,6,17H2,(H,18,19). The monoisotopic (exact) mass is 352 g/mol. The largest absolute Gasteiger partial charge is 0.454 e. The van der Waals surface area contributed by atoms with Crippen molar-refractivity contribution in [2.45, 2.75) is 0 Å². The minimum Gasteiger partial charge on any atom is -0.454 e. The zero-order valence-electron chi connectivity index (χ0n) is 10.7. The molecule has 7 heteroatoms. The first kappa shape index (κ1) is 13.7. The van der Waals surface area contributed by atoms with E-state index in [9.17, 15) is 9.18 Å². The Morgan fingerprint density at radius 2 is 2.00 bits per heavy atom. The number of carbonyl (C=O) groups is 1. The van der Waals surface area contributed by atoms with Gasteiger partial charge in [0.05, 0.1) is 21.4 Å². The average molecular weight is 353 g/mol. The van der Waals surface area contributed by atoms with Crippen LogP contribution >= 0.6 is 15.9 Å². The van der Waals surface area contributed by atoms with Crippen LogP contribution in [0.3, 0.4) is 0 Å². The number of halogens is 2. The first-order chi connectivity index (χ1) is 10.1. The van der Waals surface area contributed by atoms with Crippen molar-refractivity contribution >= 4 is 33.2 Å². The summed E-state index contributed by atoms with van der Waals surface area (Å²) in [7, 11) is 0. The second-order valence-corrected chi connectivity index (χ2v) is 5.14. The highest BCUT2D eigenvalue weighted by Gasteiger charge is 2.19. The van der Waals surface area contributed by atoms with Crippen LogP contribution in [0.2, 0.25) is 0 Å². The maximum Gasteiger partial charge on any atom is 0.256 e. The van der Waals surface area contributed by atoms with Gasteiger partial charge in [-0.3, -0.25) is 4.79 Å². The highest BCUT2D eigenvalue weighted by Crippen LogP contribution is 2.38. The fourth-order valence-electron chi connectivity index (χ4n) is 1.93. The molecular formula is C14H10BrFN2O3. The normalized spacial score (nSPS) is 12.3. The maximum absolute atomic E-state index is 13.4. The molecule has 0 unspecified atom stereocenters. The van der Waals surface area contributed by atoms with E-state index in [2.05, 4.69) is 21.2 Å². The van der Waals surface area contributed by atoms with Crippen molar-refractivity contribution in [2.24, 2.45) is 0 Å². The second kappa shape index (κ2) is 5.25. The topological polar surface area (TPSA) is 73.6 Å². The maximum atomic E-state index is 13.4. The van der Waals surface area contributed by atoms with Crippen LogP contribution < -0.4 is 20.5 Å². The smallest absolute Gasteiger partial charge is 0.256 e. The summed E-state index contributed by atoms with van der Waals surface area (Å²) in [6.45, 7) is 0.113. The van der Waals surface area contributed by atoms with E-state index in [1.54, 1.807) is 12.1 Å². The van der Waals surface area contributed by atoms with Crippen molar-refractivity contribution in [1.82, 2.24) is 0 Å². The molecule has 2 aromatic rings. The summed E-state index contributed by atoms with van der Waals surface area (Å²) in [5, 5.41) is 2.63. The third-order valence-electron chi connectivity index (χ3n) is 2.99. The van der Waals surface area contributed by atoms with Gasteiger partial charge in [-0.1, -0.05) is 6.07 Å². The first-order valence-corrected chi connectivity index (χ1v) is 6.80. The van der Waals surface area contributed by atoms with Crippen molar-refractivity contribution < 1.29 is 18.7 Å². The zero-order valence-corrected chi connectivity index (χ0v) is 12.2. The average Bonchev–Trinajstić information content (AvgIpc) is 2.89. The third-order valence-corrected chi connectivity index (χ3v) is 3.80. The summed E-state index contributed by atoms with van der Waals surface area (Å²) in [6.07, 6.45) is 0. The van der Waals surface area contributed by atoms with Crippen molar-refractivity contribution in [3.63, 3.8) is 0 Å². The Hall–Kier alpha value is -2.28. The summed E-state index contributed by atoms with van der Waals surface area (Å²) < 4.78 is 24.0. The molecule has 0 radical (unpaired) electrons. The lowest BCUT2D eigenvalue weighted by Crippen LogP contribution is -2.14.